The first-order valence-corrected chi connectivity index (χ1v) is 8.90. The fourth-order valence-corrected chi connectivity index (χ4v) is 5.13. The van der Waals surface area contributed by atoms with Crippen molar-refractivity contribution in [3.63, 3.8) is 0 Å². The standard InChI is InChI=1S/C15H19NO4S/c17-15(18)13-3-1-2-11(7-13)9-21(19,20)16-14-8-10-4-5-12(14)6-10/h1-3,7,10,12,14,16H,4-6,8-9H2,(H,17,18). The zero-order valence-electron chi connectivity index (χ0n) is 11.7. The Kier molecular flexibility index (Phi) is 3.75. The highest BCUT2D eigenvalue weighted by Crippen LogP contribution is 2.44. The zero-order valence-corrected chi connectivity index (χ0v) is 12.5. The maximum absolute atomic E-state index is 12.3. The number of hydrogen-bond acceptors (Lipinski definition) is 3. The molecule has 2 N–H and O–H groups in total. The van der Waals surface area contributed by atoms with Crippen LogP contribution in [0.4, 0.5) is 0 Å². The van der Waals surface area contributed by atoms with Crippen molar-refractivity contribution in [1.29, 1.82) is 0 Å². The van der Waals surface area contributed by atoms with Crippen molar-refractivity contribution < 1.29 is 18.3 Å². The van der Waals surface area contributed by atoms with Gasteiger partial charge in [-0.05, 0) is 48.8 Å². The quantitative estimate of drug-likeness (QED) is 0.871. The molecule has 1 aromatic carbocycles. The van der Waals surface area contributed by atoms with Gasteiger partial charge in [0.15, 0.2) is 0 Å². The molecule has 6 heteroatoms. The second-order valence-corrected chi connectivity index (χ2v) is 7.92. The maximum Gasteiger partial charge on any atom is 0.335 e. The highest BCUT2D eigenvalue weighted by atomic mass is 32.2. The fourth-order valence-electron chi connectivity index (χ4n) is 3.67. The smallest absolute Gasteiger partial charge is 0.335 e. The third-order valence-electron chi connectivity index (χ3n) is 4.60. The Morgan fingerprint density at radius 3 is 2.71 bits per heavy atom. The molecule has 21 heavy (non-hydrogen) atoms. The van der Waals surface area contributed by atoms with Crippen molar-refractivity contribution in [1.82, 2.24) is 4.72 Å². The highest BCUT2D eigenvalue weighted by molar-refractivity contribution is 7.88. The lowest BCUT2D eigenvalue weighted by Crippen LogP contribution is -2.39. The molecule has 2 aliphatic rings. The predicted molar refractivity (Wildman–Crippen MR) is 78.4 cm³/mol. The number of sulfonamides is 1. The SMILES string of the molecule is O=C(O)c1cccc(CS(=O)(=O)NC2CC3CCC2C3)c1. The molecule has 0 aliphatic heterocycles. The number of carboxylic acids is 1. The number of fused-ring (bicyclic) bond motifs is 2. The molecule has 3 unspecified atom stereocenters. The molecular weight excluding hydrogens is 290 g/mol. The first kappa shape index (κ1) is 14.5. The van der Waals surface area contributed by atoms with Crippen LogP contribution in [0.5, 0.6) is 0 Å². The molecule has 2 saturated carbocycles. The van der Waals surface area contributed by atoms with Gasteiger partial charge < -0.3 is 5.11 Å². The molecule has 3 atom stereocenters. The van der Waals surface area contributed by atoms with Crippen molar-refractivity contribution in [2.24, 2.45) is 11.8 Å². The summed E-state index contributed by atoms with van der Waals surface area (Å²) in [4.78, 5) is 10.9. The van der Waals surface area contributed by atoms with Crippen LogP contribution in [0.1, 0.15) is 41.6 Å². The molecular formula is C15H19NO4S. The molecule has 0 radical (unpaired) electrons. The molecule has 0 aromatic heterocycles. The van der Waals surface area contributed by atoms with Crippen molar-refractivity contribution >= 4 is 16.0 Å². The molecule has 114 valence electrons. The van der Waals surface area contributed by atoms with E-state index in [9.17, 15) is 13.2 Å². The van der Waals surface area contributed by atoms with E-state index in [2.05, 4.69) is 4.72 Å². The summed E-state index contributed by atoms with van der Waals surface area (Å²) in [6, 6.07) is 6.17. The Balaban J connectivity index is 1.68. The van der Waals surface area contributed by atoms with E-state index < -0.39 is 16.0 Å². The number of rotatable bonds is 5. The van der Waals surface area contributed by atoms with Gasteiger partial charge in [0.05, 0.1) is 11.3 Å². The van der Waals surface area contributed by atoms with Gasteiger partial charge in [0.2, 0.25) is 10.0 Å². The Labute approximate surface area is 124 Å². The summed E-state index contributed by atoms with van der Waals surface area (Å²) >= 11 is 0. The molecule has 2 fully saturated rings. The van der Waals surface area contributed by atoms with Crippen LogP contribution in [0, 0.1) is 11.8 Å². The number of nitrogens with one attached hydrogen (secondary N) is 1. The van der Waals surface area contributed by atoms with Crippen LogP contribution >= 0.6 is 0 Å². The largest absolute Gasteiger partial charge is 0.478 e. The Morgan fingerprint density at radius 2 is 2.10 bits per heavy atom. The molecule has 5 nitrogen and oxygen atoms in total. The first-order chi connectivity index (χ1) is 9.93. The molecule has 2 bridgehead atoms. The van der Waals surface area contributed by atoms with Gasteiger partial charge in [-0.15, -0.1) is 0 Å². The Hall–Kier alpha value is -1.40. The van der Waals surface area contributed by atoms with Crippen LogP contribution in [0.15, 0.2) is 24.3 Å². The summed E-state index contributed by atoms with van der Waals surface area (Å²) in [5, 5.41) is 8.94. The van der Waals surface area contributed by atoms with E-state index in [4.69, 9.17) is 5.11 Å². The average molecular weight is 309 g/mol. The van der Waals surface area contributed by atoms with Gasteiger partial charge in [-0.2, -0.15) is 0 Å². The average Bonchev–Trinajstić information content (AvgIpc) is 3.00. The van der Waals surface area contributed by atoms with E-state index in [0.717, 1.165) is 19.3 Å². The minimum Gasteiger partial charge on any atom is -0.478 e. The number of aromatic carboxylic acids is 1. The number of benzene rings is 1. The Bertz CT molecular complexity index is 655. The van der Waals surface area contributed by atoms with Crippen LogP contribution in [0.25, 0.3) is 0 Å². The van der Waals surface area contributed by atoms with Gasteiger partial charge in [0, 0.05) is 6.04 Å². The van der Waals surface area contributed by atoms with Gasteiger partial charge >= 0.3 is 5.97 Å². The summed E-state index contributed by atoms with van der Waals surface area (Å²) in [6.45, 7) is 0. The minimum absolute atomic E-state index is 0.0661. The number of carboxylic acid groups (broad SMARTS) is 1. The molecule has 0 spiro atoms. The lowest BCUT2D eigenvalue weighted by molar-refractivity contribution is 0.0696. The van der Waals surface area contributed by atoms with Crippen LogP contribution in [0.3, 0.4) is 0 Å². The van der Waals surface area contributed by atoms with E-state index in [1.54, 1.807) is 12.1 Å². The van der Waals surface area contributed by atoms with E-state index in [-0.39, 0.29) is 17.4 Å². The van der Waals surface area contributed by atoms with E-state index in [0.29, 0.717) is 17.4 Å². The minimum atomic E-state index is -3.43. The summed E-state index contributed by atoms with van der Waals surface area (Å²) in [6.07, 6.45) is 4.43. The molecule has 1 aromatic rings. The first-order valence-electron chi connectivity index (χ1n) is 7.25. The number of carbonyl (C=O) groups is 1. The molecule has 0 saturated heterocycles. The lowest BCUT2D eigenvalue weighted by Gasteiger charge is -2.22. The van der Waals surface area contributed by atoms with E-state index >= 15 is 0 Å². The summed E-state index contributed by atoms with van der Waals surface area (Å²) in [7, 11) is -3.43. The Morgan fingerprint density at radius 1 is 1.29 bits per heavy atom. The van der Waals surface area contributed by atoms with Crippen molar-refractivity contribution in [3.8, 4) is 0 Å². The summed E-state index contributed by atoms with van der Waals surface area (Å²) in [5.41, 5.74) is 0.619. The fraction of sp³-hybridized carbons (Fsp3) is 0.533. The van der Waals surface area contributed by atoms with Crippen molar-refractivity contribution in [3.05, 3.63) is 35.4 Å². The van der Waals surface area contributed by atoms with Crippen molar-refractivity contribution in [2.75, 3.05) is 0 Å². The molecule has 2 aliphatic carbocycles. The van der Waals surface area contributed by atoms with Crippen molar-refractivity contribution in [2.45, 2.75) is 37.5 Å². The summed E-state index contributed by atoms with van der Waals surface area (Å²) in [5.74, 6) is -0.0503. The van der Waals surface area contributed by atoms with Gasteiger partial charge in [-0.1, -0.05) is 18.6 Å². The summed E-state index contributed by atoms with van der Waals surface area (Å²) < 4.78 is 27.3. The molecule has 0 heterocycles. The topological polar surface area (TPSA) is 83.5 Å². The van der Waals surface area contributed by atoms with Crippen LogP contribution in [-0.2, 0) is 15.8 Å². The number of hydrogen-bond donors (Lipinski definition) is 2. The van der Waals surface area contributed by atoms with Crippen LogP contribution < -0.4 is 4.72 Å². The molecule has 3 rings (SSSR count). The van der Waals surface area contributed by atoms with Crippen LogP contribution in [-0.4, -0.2) is 25.5 Å². The second kappa shape index (κ2) is 5.42. The second-order valence-electron chi connectivity index (χ2n) is 6.16. The third-order valence-corrected chi connectivity index (χ3v) is 5.97. The predicted octanol–water partition coefficient (Wildman–Crippen LogP) is 1.99. The lowest BCUT2D eigenvalue weighted by atomic mass is 9.96. The third kappa shape index (κ3) is 3.27. The van der Waals surface area contributed by atoms with Crippen LogP contribution in [0.2, 0.25) is 0 Å². The monoisotopic (exact) mass is 309 g/mol. The van der Waals surface area contributed by atoms with Gasteiger partial charge in [-0.3, -0.25) is 0 Å². The zero-order chi connectivity index (χ0) is 15.0. The van der Waals surface area contributed by atoms with Gasteiger partial charge in [0.25, 0.3) is 0 Å². The van der Waals surface area contributed by atoms with Gasteiger partial charge in [-0.25, -0.2) is 17.9 Å². The van der Waals surface area contributed by atoms with E-state index in [1.165, 1.54) is 18.6 Å². The van der Waals surface area contributed by atoms with E-state index in [1.807, 2.05) is 0 Å². The van der Waals surface area contributed by atoms with Gasteiger partial charge in [0.1, 0.15) is 0 Å². The normalized spacial score (nSPS) is 27.9. The highest BCUT2D eigenvalue weighted by Gasteiger charge is 2.41. The maximum atomic E-state index is 12.3. The molecule has 0 amide bonds.